The van der Waals surface area contributed by atoms with Crippen molar-refractivity contribution >= 4 is 0 Å². The lowest BCUT2D eigenvalue weighted by Gasteiger charge is -2.34. The molecule has 1 aliphatic carbocycles. The molecule has 1 aromatic rings. The van der Waals surface area contributed by atoms with Crippen LogP contribution in [0.3, 0.4) is 0 Å². The van der Waals surface area contributed by atoms with Gasteiger partial charge in [-0.25, -0.2) is 8.78 Å². The van der Waals surface area contributed by atoms with E-state index in [0.29, 0.717) is 11.5 Å². The second-order valence-corrected chi connectivity index (χ2v) is 5.45. The molecule has 1 aromatic carbocycles. The van der Waals surface area contributed by atoms with E-state index in [0.717, 1.165) is 25.7 Å². The van der Waals surface area contributed by atoms with E-state index >= 15 is 0 Å². The summed E-state index contributed by atoms with van der Waals surface area (Å²) in [6, 6.07) is 2.72. The smallest absolute Gasteiger partial charge is 0.132 e. The fourth-order valence-electron chi connectivity index (χ4n) is 3.00. The molecule has 1 fully saturated rings. The lowest BCUT2D eigenvalue weighted by atomic mass is 9.74. The highest BCUT2D eigenvalue weighted by molar-refractivity contribution is 5.31. The maximum atomic E-state index is 14.2. The summed E-state index contributed by atoms with van der Waals surface area (Å²) in [5, 5.41) is 0. The zero-order valence-electron chi connectivity index (χ0n) is 11.0. The molecule has 1 aliphatic rings. The van der Waals surface area contributed by atoms with Crippen molar-refractivity contribution < 1.29 is 8.78 Å². The van der Waals surface area contributed by atoms with Crippen molar-refractivity contribution in [3.63, 3.8) is 0 Å². The van der Waals surface area contributed by atoms with Crippen LogP contribution in [0.15, 0.2) is 12.1 Å². The van der Waals surface area contributed by atoms with E-state index in [1.807, 2.05) is 0 Å². The fourth-order valence-corrected chi connectivity index (χ4v) is 3.00. The predicted octanol–water partition coefficient (Wildman–Crippen LogP) is 3.89. The molecular weight excluding hydrogens is 232 g/mol. The molecule has 3 atom stereocenters. The molecular formula is C15H21F2N. The molecule has 1 saturated carbocycles. The maximum Gasteiger partial charge on any atom is 0.132 e. The third-order valence-electron chi connectivity index (χ3n) is 4.28. The van der Waals surface area contributed by atoms with Gasteiger partial charge in [-0.3, -0.25) is 0 Å². The molecule has 18 heavy (non-hydrogen) atoms. The quantitative estimate of drug-likeness (QED) is 0.850. The van der Waals surface area contributed by atoms with Crippen molar-refractivity contribution in [3.8, 4) is 0 Å². The van der Waals surface area contributed by atoms with Gasteiger partial charge in [0.2, 0.25) is 0 Å². The van der Waals surface area contributed by atoms with Crippen LogP contribution in [0.4, 0.5) is 8.78 Å². The zero-order valence-corrected chi connectivity index (χ0v) is 11.0. The first-order valence-electron chi connectivity index (χ1n) is 6.74. The predicted molar refractivity (Wildman–Crippen MR) is 69.4 cm³/mol. The summed E-state index contributed by atoms with van der Waals surface area (Å²) in [5.74, 6) is -0.500. The summed E-state index contributed by atoms with van der Waals surface area (Å²) < 4.78 is 28.1. The highest BCUT2D eigenvalue weighted by Gasteiger charge is 2.32. The van der Waals surface area contributed by atoms with Crippen LogP contribution in [0.25, 0.3) is 0 Å². The largest absolute Gasteiger partial charge is 0.327 e. The fraction of sp³-hybridized carbons (Fsp3) is 0.600. The molecule has 3 heteroatoms. The van der Waals surface area contributed by atoms with Crippen LogP contribution >= 0.6 is 0 Å². The number of hydrogen-bond acceptors (Lipinski definition) is 1. The Morgan fingerprint density at radius 3 is 2.67 bits per heavy atom. The van der Waals surface area contributed by atoms with E-state index in [4.69, 9.17) is 5.73 Å². The number of nitrogens with two attached hydrogens (primary N) is 1. The first kappa shape index (κ1) is 13.5. The molecule has 0 bridgehead atoms. The monoisotopic (exact) mass is 253 g/mol. The topological polar surface area (TPSA) is 26.0 Å². The molecule has 0 heterocycles. The van der Waals surface area contributed by atoms with E-state index in [-0.39, 0.29) is 17.5 Å². The average molecular weight is 253 g/mol. The van der Waals surface area contributed by atoms with Crippen molar-refractivity contribution in [1.29, 1.82) is 0 Å². The Bertz CT molecular complexity index is 431. The summed E-state index contributed by atoms with van der Waals surface area (Å²) in [4.78, 5) is 0. The summed E-state index contributed by atoms with van der Waals surface area (Å²) >= 11 is 0. The van der Waals surface area contributed by atoms with Crippen LogP contribution in [0.5, 0.6) is 0 Å². The summed E-state index contributed by atoms with van der Waals surface area (Å²) in [6.07, 6.45) is 3.78. The Kier molecular flexibility index (Phi) is 4.00. The average Bonchev–Trinajstić information content (AvgIpc) is 2.36. The molecule has 2 N–H and O–H groups in total. The molecule has 0 saturated heterocycles. The van der Waals surface area contributed by atoms with Crippen LogP contribution in [0.1, 0.15) is 49.7 Å². The van der Waals surface area contributed by atoms with Gasteiger partial charge < -0.3 is 5.73 Å². The molecule has 0 spiro atoms. The van der Waals surface area contributed by atoms with Gasteiger partial charge in [-0.15, -0.1) is 0 Å². The Hall–Kier alpha value is -0.960. The lowest BCUT2D eigenvalue weighted by molar-refractivity contribution is 0.273. The minimum Gasteiger partial charge on any atom is -0.327 e. The number of benzene rings is 1. The first-order chi connectivity index (χ1) is 8.54. The number of aryl methyl sites for hydroxylation is 1. The minimum atomic E-state index is -0.449. The Labute approximate surface area is 107 Å². The number of rotatable bonds is 2. The third kappa shape index (κ3) is 2.41. The van der Waals surface area contributed by atoms with E-state index in [1.54, 1.807) is 6.92 Å². The van der Waals surface area contributed by atoms with Crippen molar-refractivity contribution in [1.82, 2.24) is 0 Å². The lowest BCUT2D eigenvalue weighted by Crippen LogP contribution is -2.35. The van der Waals surface area contributed by atoms with Gasteiger partial charge in [0.05, 0.1) is 0 Å². The van der Waals surface area contributed by atoms with E-state index in [1.165, 1.54) is 12.1 Å². The van der Waals surface area contributed by atoms with Gasteiger partial charge in [0, 0.05) is 17.5 Å². The zero-order chi connectivity index (χ0) is 13.3. The van der Waals surface area contributed by atoms with Crippen LogP contribution in [0, 0.1) is 24.5 Å². The molecule has 3 unspecified atom stereocenters. The Balaban J connectivity index is 2.37. The molecule has 0 amide bonds. The summed E-state index contributed by atoms with van der Waals surface area (Å²) in [7, 11) is 0. The summed E-state index contributed by atoms with van der Waals surface area (Å²) in [6.45, 7) is 3.80. The van der Waals surface area contributed by atoms with Crippen molar-refractivity contribution in [2.45, 2.75) is 51.5 Å². The standard InChI is InChI=1S/C15H21F2N/c1-3-10-5-7-13(18)11(8-10)14-12(16)6-4-9(2)15(14)17/h4,6,10-11,13H,3,5,7-8,18H2,1-2H3. The molecule has 1 nitrogen and oxygen atoms in total. The third-order valence-corrected chi connectivity index (χ3v) is 4.28. The molecule has 0 aromatic heterocycles. The van der Waals surface area contributed by atoms with Crippen molar-refractivity contribution in [3.05, 3.63) is 34.9 Å². The van der Waals surface area contributed by atoms with Crippen LogP contribution in [-0.4, -0.2) is 6.04 Å². The van der Waals surface area contributed by atoms with Gasteiger partial charge in [-0.2, -0.15) is 0 Å². The van der Waals surface area contributed by atoms with Crippen LogP contribution < -0.4 is 5.73 Å². The summed E-state index contributed by atoms with van der Waals surface area (Å²) in [5.41, 5.74) is 6.79. The number of hydrogen-bond donors (Lipinski definition) is 1. The van der Waals surface area contributed by atoms with Gasteiger partial charge in [0.1, 0.15) is 11.6 Å². The normalized spacial score (nSPS) is 28.4. The SMILES string of the molecule is CCC1CCC(N)C(c2c(F)ccc(C)c2F)C1. The van der Waals surface area contributed by atoms with E-state index in [9.17, 15) is 8.78 Å². The molecule has 0 aliphatic heterocycles. The second-order valence-electron chi connectivity index (χ2n) is 5.45. The number of halogens is 2. The molecule has 2 rings (SSSR count). The second kappa shape index (κ2) is 5.35. The van der Waals surface area contributed by atoms with E-state index < -0.39 is 11.6 Å². The van der Waals surface area contributed by atoms with Gasteiger partial charge in [-0.05, 0) is 43.7 Å². The maximum absolute atomic E-state index is 14.2. The van der Waals surface area contributed by atoms with E-state index in [2.05, 4.69) is 6.92 Å². The first-order valence-corrected chi connectivity index (χ1v) is 6.74. The van der Waals surface area contributed by atoms with Gasteiger partial charge in [-0.1, -0.05) is 19.4 Å². The van der Waals surface area contributed by atoms with Crippen molar-refractivity contribution in [2.24, 2.45) is 11.7 Å². The molecule has 0 radical (unpaired) electrons. The highest BCUT2D eigenvalue weighted by Crippen LogP contribution is 2.39. The van der Waals surface area contributed by atoms with Gasteiger partial charge in [0.25, 0.3) is 0 Å². The molecule has 100 valence electrons. The minimum absolute atomic E-state index is 0.126. The van der Waals surface area contributed by atoms with Crippen molar-refractivity contribution in [2.75, 3.05) is 0 Å². The highest BCUT2D eigenvalue weighted by atomic mass is 19.1. The van der Waals surface area contributed by atoms with Crippen LogP contribution in [0.2, 0.25) is 0 Å². The Morgan fingerprint density at radius 2 is 2.00 bits per heavy atom. The van der Waals surface area contributed by atoms with Crippen LogP contribution in [-0.2, 0) is 0 Å². The van der Waals surface area contributed by atoms with Gasteiger partial charge in [0.15, 0.2) is 0 Å². The van der Waals surface area contributed by atoms with Gasteiger partial charge >= 0.3 is 0 Å². The Morgan fingerprint density at radius 1 is 1.28 bits per heavy atom.